The zero-order valence-corrected chi connectivity index (χ0v) is 11.5. The van der Waals surface area contributed by atoms with Crippen molar-refractivity contribution in [3.8, 4) is 11.5 Å². The van der Waals surface area contributed by atoms with Crippen LogP contribution in [0.5, 0.6) is 11.5 Å². The maximum Gasteiger partial charge on any atom is 0.346 e. The zero-order chi connectivity index (χ0) is 17.8. The van der Waals surface area contributed by atoms with Crippen molar-refractivity contribution in [2.45, 2.75) is 0 Å². The minimum Gasteiger partial charge on any atom is -0.504 e. The van der Waals surface area contributed by atoms with Gasteiger partial charge in [-0.05, 0) is 12.1 Å². The third-order valence-electron chi connectivity index (χ3n) is 3.63. The number of aromatic hydroxyl groups is 2. The highest BCUT2D eigenvalue weighted by Crippen LogP contribution is 2.40. The molecule has 0 atom stereocenters. The molecule has 1 aliphatic rings. The number of phenolic OH excluding ortho intramolecular Hbond substituents is 2. The summed E-state index contributed by atoms with van der Waals surface area (Å²) in [4.78, 5) is 44.8. The lowest BCUT2D eigenvalue weighted by atomic mass is 9.83. The van der Waals surface area contributed by atoms with Gasteiger partial charge in [-0.3, -0.25) is 29.8 Å². The Hall–Kier alpha value is -3.82. The summed E-state index contributed by atoms with van der Waals surface area (Å²) in [6.07, 6.45) is 0. The molecule has 0 bridgehead atoms. The van der Waals surface area contributed by atoms with Crippen LogP contribution >= 0.6 is 0 Å². The summed E-state index contributed by atoms with van der Waals surface area (Å²) >= 11 is 0. The second kappa shape index (κ2) is 4.84. The quantitative estimate of drug-likeness (QED) is 0.407. The summed E-state index contributed by atoms with van der Waals surface area (Å²) in [5.41, 5.74) is -3.48. The number of carbonyl (C=O) groups is 2. The molecule has 0 fully saturated rings. The molecule has 1 aliphatic carbocycles. The van der Waals surface area contributed by atoms with Crippen molar-refractivity contribution in [2.24, 2.45) is 0 Å². The molecule has 2 aromatic rings. The highest BCUT2D eigenvalue weighted by molar-refractivity contribution is 6.30. The molecule has 0 saturated carbocycles. The molecule has 0 heterocycles. The number of benzene rings is 2. The third kappa shape index (κ3) is 1.90. The van der Waals surface area contributed by atoms with Gasteiger partial charge in [0.25, 0.3) is 0 Å². The van der Waals surface area contributed by atoms with E-state index in [9.17, 15) is 40.0 Å². The first kappa shape index (κ1) is 15.1. The first-order chi connectivity index (χ1) is 11.2. The molecule has 3 rings (SSSR count). The van der Waals surface area contributed by atoms with Gasteiger partial charge in [0.1, 0.15) is 0 Å². The van der Waals surface area contributed by atoms with Gasteiger partial charge in [0.05, 0.1) is 15.4 Å². The van der Waals surface area contributed by atoms with Gasteiger partial charge in [0.15, 0.2) is 23.1 Å². The Kier molecular flexibility index (Phi) is 3.04. The number of rotatable bonds is 2. The van der Waals surface area contributed by atoms with E-state index in [1.54, 1.807) is 0 Å². The predicted molar refractivity (Wildman–Crippen MR) is 76.4 cm³/mol. The summed E-state index contributed by atoms with van der Waals surface area (Å²) in [6.45, 7) is 0. The lowest BCUT2D eigenvalue weighted by Gasteiger charge is -2.18. The average molecular weight is 330 g/mol. The lowest BCUT2D eigenvalue weighted by molar-refractivity contribution is -0.422. The van der Waals surface area contributed by atoms with E-state index < -0.39 is 55.4 Å². The summed E-state index contributed by atoms with van der Waals surface area (Å²) in [7, 11) is 0. The second-order valence-electron chi connectivity index (χ2n) is 4.91. The molecule has 0 unspecified atom stereocenters. The number of phenols is 2. The first-order valence-electron chi connectivity index (χ1n) is 6.35. The summed E-state index contributed by atoms with van der Waals surface area (Å²) < 4.78 is 0. The van der Waals surface area contributed by atoms with E-state index in [2.05, 4.69) is 0 Å². The van der Waals surface area contributed by atoms with Gasteiger partial charge >= 0.3 is 11.4 Å². The maximum absolute atomic E-state index is 12.5. The highest BCUT2D eigenvalue weighted by Gasteiger charge is 2.38. The van der Waals surface area contributed by atoms with Gasteiger partial charge in [-0.2, -0.15) is 0 Å². The second-order valence-corrected chi connectivity index (χ2v) is 4.91. The molecule has 0 saturated heterocycles. The van der Waals surface area contributed by atoms with E-state index in [1.165, 1.54) is 0 Å². The maximum atomic E-state index is 12.5. The number of nitro groups is 2. The zero-order valence-electron chi connectivity index (χ0n) is 11.5. The number of hydrogen-bond donors (Lipinski definition) is 2. The summed E-state index contributed by atoms with van der Waals surface area (Å²) in [6, 6.07) is 3.37. The van der Waals surface area contributed by atoms with Crippen LogP contribution in [-0.2, 0) is 0 Å². The Morgan fingerprint density at radius 2 is 1.29 bits per heavy atom. The van der Waals surface area contributed by atoms with Gasteiger partial charge in [-0.25, -0.2) is 0 Å². The minimum atomic E-state index is -1.05. The van der Waals surface area contributed by atoms with Gasteiger partial charge in [-0.15, -0.1) is 0 Å². The molecule has 0 amide bonds. The normalized spacial score (nSPS) is 12.5. The molecule has 2 N–H and O–H groups in total. The highest BCUT2D eigenvalue weighted by atomic mass is 16.6. The first-order valence-corrected chi connectivity index (χ1v) is 6.35. The smallest absolute Gasteiger partial charge is 0.346 e. The molecule has 2 aromatic carbocycles. The number of ketones is 2. The van der Waals surface area contributed by atoms with Crippen molar-refractivity contribution in [3.63, 3.8) is 0 Å². The van der Waals surface area contributed by atoms with E-state index >= 15 is 0 Å². The molecule has 0 spiro atoms. The van der Waals surface area contributed by atoms with Gasteiger partial charge in [0, 0.05) is 28.8 Å². The monoisotopic (exact) mass is 330 g/mol. The van der Waals surface area contributed by atoms with Crippen molar-refractivity contribution in [1.29, 1.82) is 0 Å². The standard InChI is InChI=1S/C14H6N2O8/c17-10-2-1-5-11(14(10)20)13(19)7-4-9(16(23)24)8(15(21)22)3-6(7)12(5)18/h1-4,17,20H. The van der Waals surface area contributed by atoms with Gasteiger partial charge in [0.2, 0.25) is 0 Å². The average Bonchev–Trinajstić information content (AvgIpc) is 2.53. The van der Waals surface area contributed by atoms with Crippen LogP contribution in [0.25, 0.3) is 0 Å². The molecule has 0 aromatic heterocycles. The van der Waals surface area contributed by atoms with Gasteiger partial charge in [-0.1, -0.05) is 0 Å². The topological polar surface area (TPSA) is 161 Å². The summed E-state index contributed by atoms with van der Waals surface area (Å²) in [5.74, 6) is -3.26. The van der Waals surface area contributed by atoms with Crippen molar-refractivity contribution in [3.05, 3.63) is 66.7 Å². The fourth-order valence-electron chi connectivity index (χ4n) is 2.52. The fraction of sp³-hybridized carbons (Fsp3) is 0. The molecule has 10 heteroatoms. The Bertz CT molecular complexity index is 979. The van der Waals surface area contributed by atoms with Crippen LogP contribution in [0.15, 0.2) is 24.3 Å². The van der Waals surface area contributed by atoms with Crippen LogP contribution in [0.4, 0.5) is 11.4 Å². The van der Waals surface area contributed by atoms with Crippen LogP contribution in [0, 0.1) is 20.2 Å². The van der Waals surface area contributed by atoms with E-state index in [0.29, 0.717) is 12.1 Å². The Balaban J connectivity index is 2.36. The Morgan fingerprint density at radius 1 is 0.792 bits per heavy atom. The Labute approximate surface area is 131 Å². The molecular weight excluding hydrogens is 324 g/mol. The molecule has 0 aliphatic heterocycles. The predicted octanol–water partition coefficient (Wildman–Crippen LogP) is 1.69. The molecule has 24 heavy (non-hydrogen) atoms. The van der Waals surface area contributed by atoms with E-state index in [0.717, 1.165) is 12.1 Å². The minimum absolute atomic E-state index is 0.258. The van der Waals surface area contributed by atoms with Crippen molar-refractivity contribution < 1.29 is 29.6 Å². The number of fused-ring (bicyclic) bond motifs is 2. The SMILES string of the molecule is O=C1c2cc([N+](=O)[O-])c([N+](=O)[O-])cc2C(=O)c2c1ccc(O)c2O. The molecule has 10 nitrogen and oxygen atoms in total. The van der Waals surface area contributed by atoms with Crippen molar-refractivity contribution in [1.82, 2.24) is 0 Å². The number of carbonyl (C=O) groups excluding carboxylic acids is 2. The fourth-order valence-corrected chi connectivity index (χ4v) is 2.52. The molecule has 120 valence electrons. The van der Waals surface area contributed by atoms with Crippen LogP contribution < -0.4 is 0 Å². The van der Waals surface area contributed by atoms with Crippen LogP contribution in [0.2, 0.25) is 0 Å². The number of nitrogens with zero attached hydrogens (tertiary/aromatic N) is 2. The van der Waals surface area contributed by atoms with Gasteiger partial charge < -0.3 is 10.2 Å². The number of nitro benzene ring substituents is 2. The van der Waals surface area contributed by atoms with Crippen LogP contribution in [0.1, 0.15) is 31.8 Å². The van der Waals surface area contributed by atoms with Crippen molar-refractivity contribution in [2.75, 3.05) is 0 Å². The molecule has 0 radical (unpaired) electrons. The van der Waals surface area contributed by atoms with E-state index in [4.69, 9.17) is 0 Å². The van der Waals surface area contributed by atoms with E-state index in [1.807, 2.05) is 0 Å². The third-order valence-corrected chi connectivity index (χ3v) is 3.63. The van der Waals surface area contributed by atoms with Crippen LogP contribution in [0.3, 0.4) is 0 Å². The van der Waals surface area contributed by atoms with E-state index in [-0.39, 0.29) is 11.1 Å². The number of hydrogen-bond acceptors (Lipinski definition) is 8. The van der Waals surface area contributed by atoms with Crippen LogP contribution in [-0.4, -0.2) is 31.6 Å². The summed E-state index contributed by atoms with van der Waals surface area (Å²) in [5, 5.41) is 41.2. The largest absolute Gasteiger partial charge is 0.504 e. The molecular formula is C14H6N2O8. The Morgan fingerprint density at radius 3 is 1.79 bits per heavy atom. The lowest BCUT2D eigenvalue weighted by Crippen LogP contribution is -2.21. The van der Waals surface area contributed by atoms with Crippen molar-refractivity contribution >= 4 is 22.9 Å².